The van der Waals surface area contributed by atoms with Gasteiger partial charge in [-0.15, -0.1) is 0 Å². The first-order valence-corrected chi connectivity index (χ1v) is 13.8. The fourth-order valence-electron chi connectivity index (χ4n) is 9.59. The minimum absolute atomic E-state index is 0.102. The molecule has 0 aromatic carbocycles. The Morgan fingerprint density at radius 1 is 1.03 bits per heavy atom. The van der Waals surface area contributed by atoms with Crippen molar-refractivity contribution in [3.8, 4) is 0 Å². The van der Waals surface area contributed by atoms with Gasteiger partial charge in [0.2, 0.25) is 0 Å². The molecular weight excluding hydrogens is 396 g/mol. The normalized spacial score (nSPS) is 44.8. The largest absolute Gasteiger partial charge is 0.463 e. The summed E-state index contributed by atoms with van der Waals surface area (Å²) in [6, 6.07) is 0. The quantitative estimate of drug-likeness (QED) is 0.440. The van der Waals surface area contributed by atoms with Gasteiger partial charge in [-0.2, -0.15) is 0 Å². The highest BCUT2D eigenvalue weighted by atomic mass is 16.5. The first kappa shape index (κ1) is 24.6. The topological polar surface area (TPSA) is 46.5 Å². The molecule has 4 saturated carbocycles. The van der Waals surface area contributed by atoms with Crippen LogP contribution in [0.15, 0.2) is 0 Å². The van der Waals surface area contributed by atoms with Gasteiger partial charge >= 0.3 is 5.97 Å². The second kappa shape index (κ2) is 8.90. The molecule has 3 nitrogen and oxygen atoms in total. The van der Waals surface area contributed by atoms with E-state index in [4.69, 9.17) is 4.74 Å². The van der Waals surface area contributed by atoms with Crippen LogP contribution < -0.4 is 0 Å². The van der Waals surface area contributed by atoms with E-state index in [1.54, 1.807) is 6.92 Å². The third kappa shape index (κ3) is 4.53. The molecule has 3 heteroatoms. The molecule has 184 valence electrons. The van der Waals surface area contributed by atoms with Gasteiger partial charge in [0.25, 0.3) is 0 Å². The maximum atomic E-state index is 11.5. The second-order valence-corrected chi connectivity index (χ2v) is 13.6. The zero-order valence-corrected chi connectivity index (χ0v) is 21.8. The Morgan fingerprint density at radius 2 is 1.72 bits per heavy atom. The molecule has 0 amide bonds. The number of hydrogen-bond acceptors (Lipinski definition) is 3. The fourth-order valence-corrected chi connectivity index (χ4v) is 9.59. The summed E-state index contributed by atoms with van der Waals surface area (Å²) >= 11 is 0. The Kier molecular flexibility index (Phi) is 6.83. The Balaban J connectivity index is 1.42. The van der Waals surface area contributed by atoms with Crippen molar-refractivity contribution in [1.82, 2.24) is 0 Å². The standard InChI is InChI=1S/C29H50O3/c1-19(8-7-15-27(3,4)31)24-11-12-25-23-10-9-21-18-22(32-20(2)30)13-16-28(21,5)26(23)14-17-29(24,25)6/h19,21-26,31H,7-18H2,1-6H3/t19-,21?,22?,23+,24-,25+,26+,28+,29-/m1/s1. The lowest BCUT2D eigenvalue weighted by Crippen LogP contribution is -2.54. The highest BCUT2D eigenvalue weighted by Gasteiger charge is 2.60. The van der Waals surface area contributed by atoms with Crippen molar-refractivity contribution < 1.29 is 14.6 Å². The average molecular weight is 447 g/mol. The molecule has 0 radical (unpaired) electrons. The number of hydrogen-bond donors (Lipinski definition) is 1. The molecule has 0 spiro atoms. The molecule has 0 aromatic rings. The zero-order chi connectivity index (χ0) is 23.3. The van der Waals surface area contributed by atoms with Crippen LogP contribution in [0.3, 0.4) is 0 Å². The summed E-state index contributed by atoms with van der Waals surface area (Å²) in [6.07, 6.45) is 15.3. The lowest BCUT2D eigenvalue weighted by atomic mass is 9.44. The van der Waals surface area contributed by atoms with E-state index in [2.05, 4.69) is 20.8 Å². The molecule has 1 N–H and O–H groups in total. The van der Waals surface area contributed by atoms with Crippen molar-refractivity contribution >= 4 is 5.97 Å². The third-order valence-electron chi connectivity index (χ3n) is 11.2. The molecule has 0 aromatic heterocycles. The van der Waals surface area contributed by atoms with Crippen LogP contribution in [0.4, 0.5) is 0 Å². The van der Waals surface area contributed by atoms with Crippen LogP contribution in [0.5, 0.6) is 0 Å². The van der Waals surface area contributed by atoms with Gasteiger partial charge in [-0.3, -0.25) is 4.79 Å². The van der Waals surface area contributed by atoms with Crippen LogP contribution in [-0.4, -0.2) is 22.8 Å². The maximum Gasteiger partial charge on any atom is 0.302 e. The molecule has 0 bridgehead atoms. The SMILES string of the molecule is CC(=O)OC1CC[C@@]2(C)C(CC[C@H]3[C@@H]4CC[C@H]([C@H](C)CCCC(C)(C)O)[C@@]4(C)CC[C@@H]32)C1. The van der Waals surface area contributed by atoms with Gasteiger partial charge in [-0.05, 0) is 124 Å². The lowest BCUT2D eigenvalue weighted by Gasteiger charge is -2.61. The van der Waals surface area contributed by atoms with Gasteiger partial charge in [0.1, 0.15) is 6.10 Å². The summed E-state index contributed by atoms with van der Waals surface area (Å²) in [4.78, 5) is 11.5. The smallest absolute Gasteiger partial charge is 0.302 e. The first-order valence-electron chi connectivity index (χ1n) is 13.8. The number of fused-ring (bicyclic) bond motifs is 5. The molecule has 2 unspecified atom stereocenters. The predicted octanol–water partition coefficient (Wildman–Crippen LogP) is 7.15. The molecule has 4 rings (SSSR count). The van der Waals surface area contributed by atoms with E-state index in [0.29, 0.717) is 10.8 Å². The van der Waals surface area contributed by atoms with Crippen LogP contribution >= 0.6 is 0 Å². The molecule has 4 fully saturated rings. The minimum atomic E-state index is -0.525. The van der Waals surface area contributed by atoms with E-state index in [1.165, 1.54) is 51.4 Å². The number of carbonyl (C=O) groups is 1. The molecule has 0 saturated heterocycles. The number of rotatable bonds is 6. The monoisotopic (exact) mass is 446 g/mol. The van der Waals surface area contributed by atoms with Gasteiger partial charge in [0.05, 0.1) is 5.60 Å². The van der Waals surface area contributed by atoms with Gasteiger partial charge in [0.15, 0.2) is 0 Å². The van der Waals surface area contributed by atoms with Crippen LogP contribution in [0, 0.1) is 46.3 Å². The van der Waals surface area contributed by atoms with E-state index in [9.17, 15) is 9.90 Å². The molecule has 4 aliphatic carbocycles. The molecule has 4 aliphatic rings. The van der Waals surface area contributed by atoms with E-state index < -0.39 is 5.60 Å². The molecule has 0 aliphatic heterocycles. The Hall–Kier alpha value is -0.570. The summed E-state index contributed by atoms with van der Waals surface area (Å²) in [7, 11) is 0. The summed E-state index contributed by atoms with van der Waals surface area (Å²) < 4.78 is 5.65. The summed E-state index contributed by atoms with van der Waals surface area (Å²) in [6.45, 7) is 13.2. The second-order valence-electron chi connectivity index (χ2n) is 13.6. The Labute approximate surface area is 197 Å². The number of aliphatic hydroxyl groups is 1. The summed E-state index contributed by atoms with van der Waals surface area (Å²) in [5, 5.41) is 10.1. The molecule has 32 heavy (non-hydrogen) atoms. The summed E-state index contributed by atoms with van der Waals surface area (Å²) in [5.41, 5.74) is 0.452. The summed E-state index contributed by atoms with van der Waals surface area (Å²) in [5.74, 6) is 4.97. The minimum Gasteiger partial charge on any atom is -0.463 e. The van der Waals surface area contributed by atoms with Crippen LogP contribution in [0.2, 0.25) is 0 Å². The molecular formula is C29H50O3. The molecule has 0 heterocycles. The molecule has 9 atom stereocenters. The van der Waals surface area contributed by atoms with Gasteiger partial charge < -0.3 is 9.84 Å². The fraction of sp³-hybridized carbons (Fsp3) is 0.966. The number of esters is 1. The Bertz CT molecular complexity index is 680. The average Bonchev–Trinajstić information content (AvgIpc) is 3.04. The maximum absolute atomic E-state index is 11.5. The van der Waals surface area contributed by atoms with Crippen molar-refractivity contribution in [2.24, 2.45) is 46.3 Å². The van der Waals surface area contributed by atoms with Crippen LogP contribution in [-0.2, 0) is 9.53 Å². The van der Waals surface area contributed by atoms with E-state index in [-0.39, 0.29) is 12.1 Å². The predicted molar refractivity (Wildman–Crippen MR) is 130 cm³/mol. The van der Waals surface area contributed by atoms with E-state index in [1.807, 2.05) is 13.8 Å². The number of carbonyl (C=O) groups excluding carboxylic acids is 1. The number of ether oxygens (including phenoxy) is 1. The van der Waals surface area contributed by atoms with Crippen molar-refractivity contribution in [1.29, 1.82) is 0 Å². The van der Waals surface area contributed by atoms with Gasteiger partial charge in [-0.1, -0.05) is 33.6 Å². The highest BCUT2D eigenvalue weighted by Crippen LogP contribution is 2.68. The van der Waals surface area contributed by atoms with Crippen LogP contribution in [0.1, 0.15) is 119 Å². The lowest BCUT2D eigenvalue weighted by molar-refractivity contribution is -0.160. The Morgan fingerprint density at radius 3 is 2.41 bits per heavy atom. The first-order chi connectivity index (χ1) is 14.9. The van der Waals surface area contributed by atoms with E-state index in [0.717, 1.165) is 61.2 Å². The van der Waals surface area contributed by atoms with Crippen molar-refractivity contribution in [2.45, 2.75) is 130 Å². The van der Waals surface area contributed by atoms with Crippen molar-refractivity contribution in [2.75, 3.05) is 0 Å². The zero-order valence-electron chi connectivity index (χ0n) is 21.8. The van der Waals surface area contributed by atoms with Crippen LogP contribution in [0.25, 0.3) is 0 Å². The van der Waals surface area contributed by atoms with Gasteiger partial charge in [-0.25, -0.2) is 0 Å². The van der Waals surface area contributed by atoms with Crippen molar-refractivity contribution in [3.05, 3.63) is 0 Å². The van der Waals surface area contributed by atoms with Crippen molar-refractivity contribution in [3.63, 3.8) is 0 Å². The highest BCUT2D eigenvalue weighted by molar-refractivity contribution is 5.66. The van der Waals surface area contributed by atoms with Gasteiger partial charge in [0, 0.05) is 6.92 Å². The third-order valence-corrected chi connectivity index (χ3v) is 11.2. The van der Waals surface area contributed by atoms with E-state index >= 15 is 0 Å².